The molecule has 176 valence electrons. The van der Waals surface area contributed by atoms with Gasteiger partial charge in [0, 0.05) is 44.5 Å². The molecule has 2 heterocycles. The molecule has 8 heteroatoms. The van der Waals surface area contributed by atoms with Crippen LogP contribution >= 0.6 is 0 Å². The van der Waals surface area contributed by atoms with Crippen molar-refractivity contribution in [2.24, 2.45) is 0 Å². The van der Waals surface area contributed by atoms with E-state index in [4.69, 9.17) is 9.47 Å². The third-order valence-corrected chi connectivity index (χ3v) is 6.15. The van der Waals surface area contributed by atoms with Gasteiger partial charge in [-0.05, 0) is 50.8 Å². The zero-order chi connectivity index (χ0) is 23.0. The quantitative estimate of drug-likeness (QED) is 0.646. The van der Waals surface area contributed by atoms with Crippen LogP contribution in [0.5, 0.6) is 5.75 Å². The number of carbonyl (C=O) groups excluding carboxylic acids is 2. The smallest absolute Gasteiger partial charge is 0.339 e. The summed E-state index contributed by atoms with van der Waals surface area (Å²) < 4.78 is 11.2. The van der Waals surface area contributed by atoms with Gasteiger partial charge in [0.15, 0.2) is 0 Å². The monoisotopic (exact) mass is 452 g/mol. The summed E-state index contributed by atoms with van der Waals surface area (Å²) in [7, 11) is 0. The van der Waals surface area contributed by atoms with Gasteiger partial charge < -0.3 is 24.6 Å². The van der Waals surface area contributed by atoms with E-state index in [9.17, 15) is 9.59 Å². The molecule has 1 saturated carbocycles. The van der Waals surface area contributed by atoms with E-state index in [0.717, 1.165) is 30.0 Å². The first-order chi connectivity index (χ1) is 16.1. The van der Waals surface area contributed by atoms with Crippen LogP contribution in [-0.2, 0) is 11.3 Å². The Morgan fingerprint density at radius 3 is 2.52 bits per heavy atom. The van der Waals surface area contributed by atoms with Crippen LogP contribution in [0.3, 0.4) is 0 Å². The van der Waals surface area contributed by atoms with Crippen molar-refractivity contribution in [1.29, 1.82) is 0 Å². The van der Waals surface area contributed by atoms with Crippen molar-refractivity contribution >= 4 is 17.8 Å². The second kappa shape index (κ2) is 11.0. The number of rotatable bonds is 7. The number of carbonyl (C=O) groups is 2. The number of para-hydroxylation sites is 1. The van der Waals surface area contributed by atoms with E-state index < -0.39 is 0 Å². The second-order valence-electron chi connectivity index (χ2n) is 8.39. The second-order valence-corrected chi connectivity index (χ2v) is 8.39. The molecule has 2 fully saturated rings. The van der Waals surface area contributed by atoms with Gasteiger partial charge in [-0.3, -0.25) is 0 Å². The minimum Gasteiger partial charge on any atom is -0.490 e. The van der Waals surface area contributed by atoms with E-state index in [1.54, 1.807) is 13.0 Å². The molecule has 0 spiro atoms. The van der Waals surface area contributed by atoms with Crippen LogP contribution in [0, 0.1) is 0 Å². The number of amides is 2. The molecule has 1 saturated heterocycles. The van der Waals surface area contributed by atoms with Gasteiger partial charge in [-0.15, -0.1) is 0 Å². The average Bonchev–Trinajstić information content (AvgIpc) is 3.37. The number of pyridine rings is 1. The number of esters is 1. The summed E-state index contributed by atoms with van der Waals surface area (Å²) in [5.41, 5.74) is 1.44. The molecule has 1 aromatic carbocycles. The lowest BCUT2D eigenvalue weighted by molar-refractivity contribution is 0.0526. The molecule has 2 amide bonds. The zero-order valence-corrected chi connectivity index (χ0v) is 19.2. The van der Waals surface area contributed by atoms with Gasteiger partial charge in [-0.25, -0.2) is 14.6 Å². The maximum absolute atomic E-state index is 12.7. The van der Waals surface area contributed by atoms with Crippen molar-refractivity contribution < 1.29 is 19.1 Å². The molecule has 1 aliphatic heterocycles. The van der Waals surface area contributed by atoms with Gasteiger partial charge in [-0.2, -0.15) is 0 Å². The molecule has 1 aliphatic carbocycles. The highest BCUT2D eigenvalue weighted by molar-refractivity contribution is 5.89. The summed E-state index contributed by atoms with van der Waals surface area (Å²) in [4.78, 5) is 32.9. The average molecular weight is 453 g/mol. The number of hydrogen-bond donors (Lipinski definition) is 1. The number of piperazine rings is 1. The number of hydrogen-bond acceptors (Lipinski definition) is 6. The molecular formula is C25H32N4O4. The lowest BCUT2D eigenvalue weighted by atomic mass is 10.2. The van der Waals surface area contributed by atoms with Crippen molar-refractivity contribution in [1.82, 2.24) is 15.2 Å². The number of benzene rings is 1. The van der Waals surface area contributed by atoms with Crippen LogP contribution in [0.4, 0.5) is 10.6 Å². The Kier molecular flexibility index (Phi) is 7.65. The van der Waals surface area contributed by atoms with E-state index in [2.05, 4.69) is 15.2 Å². The highest BCUT2D eigenvalue weighted by Gasteiger charge is 2.23. The fourth-order valence-electron chi connectivity index (χ4n) is 4.28. The molecule has 2 aliphatic rings. The van der Waals surface area contributed by atoms with Crippen LogP contribution in [0.25, 0.3) is 0 Å². The summed E-state index contributed by atoms with van der Waals surface area (Å²) in [6.45, 7) is 5.13. The highest BCUT2D eigenvalue weighted by atomic mass is 16.5. The summed E-state index contributed by atoms with van der Waals surface area (Å²) in [6.07, 6.45) is 6.48. The first kappa shape index (κ1) is 22.9. The SMILES string of the molecule is CCOC(=O)c1ccc(N2CCN(C(=O)NCc3ccccc3OC3CCCC3)CC2)nc1. The van der Waals surface area contributed by atoms with Gasteiger partial charge in [0.25, 0.3) is 0 Å². The number of nitrogens with zero attached hydrogens (tertiary/aromatic N) is 3. The largest absolute Gasteiger partial charge is 0.490 e. The molecule has 0 unspecified atom stereocenters. The van der Waals surface area contributed by atoms with Crippen LogP contribution in [0.2, 0.25) is 0 Å². The topological polar surface area (TPSA) is 84.0 Å². The van der Waals surface area contributed by atoms with Gasteiger partial charge >= 0.3 is 12.0 Å². The highest BCUT2D eigenvalue weighted by Crippen LogP contribution is 2.26. The third kappa shape index (κ3) is 5.94. The van der Waals surface area contributed by atoms with Gasteiger partial charge in [-0.1, -0.05) is 18.2 Å². The Bertz CT molecular complexity index is 936. The Morgan fingerprint density at radius 1 is 1.06 bits per heavy atom. The van der Waals surface area contributed by atoms with E-state index in [1.165, 1.54) is 19.0 Å². The van der Waals surface area contributed by atoms with Crippen LogP contribution in [0.1, 0.15) is 48.5 Å². The fourth-order valence-corrected chi connectivity index (χ4v) is 4.28. The maximum atomic E-state index is 12.7. The van der Waals surface area contributed by atoms with Gasteiger partial charge in [0.2, 0.25) is 0 Å². The number of ether oxygens (including phenoxy) is 2. The fraction of sp³-hybridized carbons (Fsp3) is 0.480. The van der Waals surface area contributed by atoms with E-state index in [0.29, 0.717) is 44.9 Å². The Morgan fingerprint density at radius 2 is 1.82 bits per heavy atom. The Hall–Kier alpha value is -3.29. The molecule has 8 nitrogen and oxygen atoms in total. The minimum absolute atomic E-state index is 0.0732. The zero-order valence-electron chi connectivity index (χ0n) is 19.2. The van der Waals surface area contributed by atoms with E-state index in [1.807, 2.05) is 35.2 Å². The lowest BCUT2D eigenvalue weighted by Crippen LogP contribution is -2.51. The molecule has 33 heavy (non-hydrogen) atoms. The Balaban J connectivity index is 1.26. The van der Waals surface area contributed by atoms with E-state index in [-0.39, 0.29) is 18.1 Å². The summed E-state index contributed by atoms with van der Waals surface area (Å²) in [5.74, 6) is 1.29. The van der Waals surface area contributed by atoms with Crippen molar-refractivity contribution in [2.75, 3.05) is 37.7 Å². The van der Waals surface area contributed by atoms with Crippen molar-refractivity contribution in [2.45, 2.75) is 45.3 Å². The lowest BCUT2D eigenvalue weighted by Gasteiger charge is -2.35. The molecule has 0 radical (unpaired) electrons. The molecule has 2 aromatic rings. The van der Waals surface area contributed by atoms with Crippen LogP contribution in [0.15, 0.2) is 42.6 Å². The Labute approximate surface area is 194 Å². The molecular weight excluding hydrogens is 420 g/mol. The van der Waals surface area contributed by atoms with Crippen molar-refractivity contribution in [3.63, 3.8) is 0 Å². The molecule has 1 N–H and O–H groups in total. The maximum Gasteiger partial charge on any atom is 0.339 e. The number of anilines is 1. The van der Waals surface area contributed by atoms with Crippen molar-refractivity contribution in [3.05, 3.63) is 53.7 Å². The standard InChI is InChI=1S/C25H32N4O4/c1-2-32-24(30)20-11-12-23(26-18-20)28-13-15-29(16-14-28)25(31)27-17-19-7-3-6-10-22(19)33-21-8-4-5-9-21/h3,6-7,10-12,18,21H,2,4-5,8-9,13-17H2,1H3,(H,27,31). The van der Waals surface area contributed by atoms with Crippen molar-refractivity contribution in [3.8, 4) is 5.75 Å². The normalized spacial score (nSPS) is 16.5. The number of nitrogens with one attached hydrogen (secondary N) is 1. The minimum atomic E-state index is -0.367. The van der Waals surface area contributed by atoms with Gasteiger partial charge in [0.1, 0.15) is 11.6 Å². The molecule has 0 bridgehead atoms. The molecule has 0 atom stereocenters. The number of urea groups is 1. The number of aromatic nitrogens is 1. The predicted molar refractivity (Wildman–Crippen MR) is 126 cm³/mol. The summed E-state index contributed by atoms with van der Waals surface area (Å²) >= 11 is 0. The first-order valence-electron chi connectivity index (χ1n) is 11.8. The summed E-state index contributed by atoms with van der Waals surface area (Å²) in [5, 5.41) is 3.04. The van der Waals surface area contributed by atoms with Crippen LogP contribution in [-0.4, -0.2) is 60.8 Å². The summed E-state index contributed by atoms with van der Waals surface area (Å²) in [6, 6.07) is 11.4. The van der Waals surface area contributed by atoms with Gasteiger partial charge in [0.05, 0.1) is 18.3 Å². The van der Waals surface area contributed by atoms with E-state index >= 15 is 0 Å². The third-order valence-electron chi connectivity index (χ3n) is 6.15. The molecule has 1 aromatic heterocycles. The predicted octanol–water partition coefficient (Wildman–Crippen LogP) is 3.61. The molecule has 4 rings (SSSR count). The van der Waals surface area contributed by atoms with Crippen LogP contribution < -0.4 is 15.0 Å². The first-order valence-corrected chi connectivity index (χ1v) is 11.8.